The van der Waals surface area contributed by atoms with E-state index in [0.29, 0.717) is 24.4 Å². The highest BCUT2D eigenvalue weighted by atomic mass is 19.4. The maximum absolute atomic E-state index is 12.3. The molecule has 0 aromatic heterocycles. The minimum atomic E-state index is -4.63. The predicted octanol–water partition coefficient (Wildman–Crippen LogP) is 3.43. The molecule has 0 radical (unpaired) electrons. The largest absolute Gasteiger partial charge is 0.573 e. The summed E-state index contributed by atoms with van der Waals surface area (Å²) in [5, 5.41) is 3.33. The lowest BCUT2D eigenvalue weighted by atomic mass is 9.87. The van der Waals surface area contributed by atoms with Crippen molar-refractivity contribution in [1.29, 1.82) is 0 Å². The Morgan fingerprint density at radius 2 is 2.06 bits per heavy atom. The third-order valence-corrected chi connectivity index (χ3v) is 3.14. The van der Waals surface area contributed by atoms with E-state index in [9.17, 15) is 13.2 Å². The molecule has 0 bridgehead atoms. The van der Waals surface area contributed by atoms with Gasteiger partial charge in [-0.05, 0) is 30.5 Å². The van der Waals surface area contributed by atoms with Crippen LogP contribution in [0.5, 0.6) is 5.75 Å². The van der Waals surface area contributed by atoms with E-state index in [-0.39, 0.29) is 11.8 Å². The Morgan fingerprint density at radius 3 is 2.67 bits per heavy atom. The summed E-state index contributed by atoms with van der Waals surface area (Å²) in [7, 11) is 0. The summed E-state index contributed by atoms with van der Waals surface area (Å²) in [6, 6.07) is 4.96. The van der Waals surface area contributed by atoms with Gasteiger partial charge >= 0.3 is 6.36 Å². The molecule has 1 unspecified atom stereocenters. The maximum atomic E-state index is 12.3. The number of nitrogens with one attached hydrogen (secondary N) is 1. The zero-order valence-electron chi connectivity index (χ0n) is 10.3. The van der Waals surface area contributed by atoms with Gasteiger partial charge in [0.2, 0.25) is 0 Å². The molecule has 1 aromatic carbocycles. The number of fused-ring (bicyclic) bond motifs is 1. The summed E-state index contributed by atoms with van der Waals surface area (Å²) in [4.78, 5) is 0. The normalized spacial score (nSPS) is 19.8. The average molecular weight is 259 g/mol. The van der Waals surface area contributed by atoms with Gasteiger partial charge in [0.25, 0.3) is 0 Å². The molecule has 1 N–H and O–H groups in total. The molecule has 0 aliphatic carbocycles. The fraction of sp³-hybridized carbons (Fsp3) is 0.538. The van der Waals surface area contributed by atoms with Gasteiger partial charge in [-0.25, -0.2) is 0 Å². The summed E-state index contributed by atoms with van der Waals surface area (Å²) in [5.41, 5.74) is 1.59. The lowest BCUT2D eigenvalue weighted by Gasteiger charge is -2.31. The highest BCUT2D eigenvalue weighted by Crippen LogP contribution is 2.35. The molecule has 1 aliphatic rings. The zero-order valence-corrected chi connectivity index (χ0v) is 10.3. The van der Waals surface area contributed by atoms with Gasteiger partial charge in [0, 0.05) is 11.6 Å². The molecule has 1 atom stereocenters. The molecule has 18 heavy (non-hydrogen) atoms. The maximum Gasteiger partial charge on any atom is 0.573 e. The molecule has 2 rings (SSSR count). The van der Waals surface area contributed by atoms with Crippen LogP contribution in [0.15, 0.2) is 18.2 Å². The van der Waals surface area contributed by atoms with Gasteiger partial charge in [-0.3, -0.25) is 0 Å². The van der Waals surface area contributed by atoms with Gasteiger partial charge in [0.15, 0.2) is 0 Å². The van der Waals surface area contributed by atoms with Crippen molar-refractivity contribution in [3.63, 3.8) is 0 Å². The Bertz CT molecular complexity index is 429. The minimum absolute atomic E-state index is 0.0628. The molecule has 0 saturated carbocycles. The zero-order chi connectivity index (χ0) is 13.3. The summed E-state index contributed by atoms with van der Waals surface area (Å²) in [6.45, 7) is 4.77. The number of hydrogen-bond donors (Lipinski definition) is 1. The summed E-state index contributed by atoms with van der Waals surface area (Å²) >= 11 is 0. The first-order chi connectivity index (χ1) is 8.38. The second kappa shape index (κ2) is 4.80. The van der Waals surface area contributed by atoms with E-state index in [1.807, 2.05) is 19.9 Å². The summed E-state index contributed by atoms with van der Waals surface area (Å²) in [5.74, 6) is 0.261. The molecule has 0 amide bonds. The Morgan fingerprint density at radius 1 is 1.33 bits per heavy atom. The Kier molecular flexibility index (Phi) is 3.52. The quantitative estimate of drug-likeness (QED) is 0.878. The van der Waals surface area contributed by atoms with Crippen molar-refractivity contribution in [1.82, 2.24) is 5.32 Å². The van der Waals surface area contributed by atoms with Gasteiger partial charge in [-0.2, -0.15) is 0 Å². The van der Waals surface area contributed by atoms with Gasteiger partial charge in [-0.1, -0.05) is 26.0 Å². The van der Waals surface area contributed by atoms with Gasteiger partial charge in [0.05, 0.1) is 0 Å². The van der Waals surface area contributed by atoms with Gasteiger partial charge < -0.3 is 10.1 Å². The molecular weight excluding hydrogens is 243 g/mol. The Balaban J connectivity index is 2.38. The van der Waals surface area contributed by atoms with Gasteiger partial charge in [-0.15, -0.1) is 13.2 Å². The fourth-order valence-corrected chi connectivity index (χ4v) is 2.42. The molecule has 0 fully saturated rings. The van der Waals surface area contributed by atoms with Crippen LogP contribution in [0.3, 0.4) is 0 Å². The van der Waals surface area contributed by atoms with Crippen molar-refractivity contribution in [2.75, 3.05) is 6.54 Å². The number of alkyl halides is 3. The van der Waals surface area contributed by atoms with Crippen LogP contribution in [0, 0.1) is 5.92 Å². The third-order valence-electron chi connectivity index (χ3n) is 3.14. The van der Waals surface area contributed by atoms with Crippen LogP contribution in [-0.2, 0) is 6.42 Å². The topological polar surface area (TPSA) is 21.3 Å². The standard InChI is InChI=1S/C13H16F3NO/c1-8(2)12-10-4-3-5-11(18-13(14,15)16)9(10)6-7-17-12/h3-5,8,12,17H,6-7H2,1-2H3. The smallest absolute Gasteiger partial charge is 0.405 e. The fourth-order valence-electron chi connectivity index (χ4n) is 2.42. The highest BCUT2D eigenvalue weighted by Gasteiger charge is 2.33. The average Bonchev–Trinajstić information content (AvgIpc) is 2.26. The molecule has 0 spiro atoms. The first kappa shape index (κ1) is 13.2. The lowest BCUT2D eigenvalue weighted by Crippen LogP contribution is -2.33. The molecule has 1 aromatic rings. The van der Waals surface area contributed by atoms with Crippen molar-refractivity contribution >= 4 is 0 Å². The van der Waals surface area contributed by atoms with Gasteiger partial charge in [0.1, 0.15) is 5.75 Å². The van der Waals surface area contributed by atoms with Crippen LogP contribution >= 0.6 is 0 Å². The van der Waals surface area contributed by atoms with Crippen LogP contribution in [-0.4, -0.2) is 12.9 Å². The van der Waals surface area contributed by atoms with E-state index in [4.69, 9.17) is 0 Å². The monoisotopic (exact) mass is 259 g/mol. The molecule has 5 heteroatoms. The second-order valence-electron chi connectivity index (χ2n) is 4.80. The molecule has 0 saturated heterocycles. The first-order valence-electron chi connectivity index (χ1n) is 5.99. The van der Waals surface area contributed by atoms with E-state index in [0.717, 1.165) is 5.56 Å². The highest BCUT2D eigenvalue weighted by molar-refractivity contribution is 5.43. The first-order valence-corrected chi connectivity index (χ1v) is 5.99. The van der Waals surface area contributed by atoms with E-state index >= 15 is 0 Å². The van der Waals surface area contributed by atoms with Crippen LogP contribution in [0.4, 0.5) is 13.2 Å². The molecule has 1 heterocycles. The number of benzene rings is 1. The Hall–Kier alpha value is -1.23. The predicted molar refractivity (Wildman–Crippen MR) is 62.4 cm³/mol. The van der Waals surface area contributed by atoms with E-state index < -0.39 is 6.36 Å². The van der Waals surface area contributed by atoms with E-state index in [1.54, 1.807) is 6.07 Å². The van der Waals surface area contributed by atoms with Crippen LogP contribution < -0.4 is 10.1 Å². The van der Waals surface area contributed by atoms with E-state index in [2.05, 4.69) is 10.1 Å². The SMILES string of the molecule is CC(C)C1NCCc2c(OC(F)(F)F)cccc21. The van der Waals surface area contributed by atoms with Crippen molar-refractivity contribution in [3.8, 4) is 5.75 Å². The van der Waals surface area contributed by atoms with Crippen molar-refractivity contribution in [2.45, 2.75) is 32.7 Å². The number of rotatable bonds is 2. The van der Waals surface area contributed by atoms with E-state index in [1.165, 1.54) is 6.07 Å². The molecule has 100 valence electrons. The molecular formula is C13H16F3NO. The second-order valence-corrected chi connectivity index (χ2v) is 4.80. The van der Waals surface area contributed by atoms with Crippen molar-refractivity contribution < 1.29 is 17.9 Å². The number of ether oxygens (including phenoxy) is 1. The van der Waals surface area contributed by atoms with Crippen LogP contribution in [0.1, 0.15) is 31.0 Å². The number of halogens is 3. The molecule has 2 nitrogen and oxygen atoms in total. The van der Waals surface area contributed by atoms with Crippen molar-refractivity contribution in [2.24, 2.45) is 5.92 Å². The minimum Gasteiger partial charge on any atom is -0.405 e. The summed E-state index contributed by atoms with van der Waals surface area (Å²) in [6.07, 6.45) is -4.07. The Labute approximate surface area is 104 Å². The third kappa shape index (κ3) is 2.77. The lowest BCUT2D eigenvalue weighted by molar-refractivity contribution is -0.274. The van der Waals surface area contributed by atoms with Crippen molar-refractivity contribution in [3.05, 3.63) is 29.3 Å². The van der Waals surface area contributed by atoms with Crippen LogP contribution in [0.25, 0.3) is 0 Å². The number of hydrogen-bond acceptors (Lipinski definition) is 2. The summed E-state index contributed by atoms with van der Waals surface area (Å²) < 4.78 is 41.1. The van der Waals surface area contributed by atoms with Crippen LogP contribution in [0.2, 0.25) is 0 Å². The molecule has 1 aliphatic heterocycles.